The van der Waals surface area contributed by atoms with Crippen molar-refractivity contribution < 1.29 is 9.47 Å². The number of rotatable bonds is 3. The van der Waals surface area contributed by atoms with E-state index in [0.717, 1.165) is 24.2 Å². The molecule has 1 fully saturated rings. The molecule has 1 saturated carbocycles. The third-order valence-corrected chi connectivity index (χ3v) is 3.01. The Labute approximate surface area is 89.5 Å². The van der Waals surface area contributed by atoms with E-state index < -0.39 is 0 Å². The second-order valence-electron chi connectivity index (χ2n) is 3.85. The van der Waals surface area contributed by atoms with Gasteiger partial charge in [-0.1, -0.05) is 12.1 Å². The van der Waals surface area contributed by atoms with Crippen LogP contribution in [0.3, 0.4) is 0 Å². The highest BCUT2D eigenvalue weighted by molar-refractivity contribution is 5.88. The molecule has 1 aliphatic carbocycles. The molecule has 1 aliphatic rings. The number of benzene rings is 1. The lowest BCUT2D eigenvalue weighted by atomic mass is 9.95. The fourth-order valence-corrected chi connectivity index (χ4v) is 1.89. The maximum atomic E-state index is 7.80. The van der Waals surface area contributed by atoms with Crippen molar-refractivity contribution in [3.05, 3.63) is 29.8 Å². The van der Waals surface area contributed by atoms with Crippen molar-refractivity contribution in [2.75, 3.05) is 14.2 Å². The van der Waals surface area contributed by atoms with Crippen LogP contribution >= 0.6 is 0 Å². The molecule has 0 saturated heterocycles. The van der Waals surface area contributed by atoms with Crippen LogP contribution in [-0.2, 0) is 10.2 Å². The Morgan fingerprint density at radius 3 is 2.60 bits per heavy atom. The van der Waals surface area contributed by atoms with E-state index in [1.165, 1.54) is 0 Å². The van der Waals surface area contributed by atoms with E-state index in [9.17, 15) is 0 Å². The SMILES string of the molecule is COC(=N)C1(c2cccc(OC)c2)CC1. The summed E-state index contributed by atoms with van der Waals surface area (Å²) in [6, 6.07) is 7.89. The smallest absolute Gasteiger partial charge is 0.191 e. The molecule has 1 aromatic rings. The monoisotopic (exact) mass is 205 g/mol. The van der Waals surface area contributed by atoms with Crippen LogP contribution in [0.1, 0.15) is 18.4 Å². The van der Waals surface area contributed by atoms with Crippen LogP contribution < -0.4 is 4.74 Å². The second-order valence-corrected chi connectivity index (χ2v) is 3.85. The lowest BCUT2D eigenvalue weighted by Gasteiger charge is -2.16. The quantitative estimate of drug-likeness (QED) is 0.608. The summed E-state index contributed by atoms with van der Waals surface area (Å²) in [5.74, 6) is 1.19. The topological polar surface area (TPSA) is 42.3 Å². The van der Waals surface area contributed by atoms with Crippen molar-refractivity contribution in [3.8, 4) is 5.75 Å². The highest BCUT2D eigenvalue weighted by Crippen LogP contribution is 2.49. The third-order valence-electron chi connectivity index (χ3n) is 3.01. The van der Waals surface area contributed by atoms with Crippen molar-refractivity contribution in [1.29, 1.82) is 5.41 Å². The van der Waals surface area contributed by atoms with Gasteiger partial charge >= 0.3 is 0 Å². The molecule has 0 spiro atoms. The van der Waals surface area contributed by atoms with E-state index in [-0.39, 0.29) is 5.41 Å². The first-order valence-corrected chi connectivity index (χ1v) is 5.00. The van der Waals surface area contributed by atoms with Crippen molar-refractivity contribution in [2.45, 2.75) is 18.3 Å². The van der Waals surface area contributed by atoms with Crippen LogP contribution in [-0.4, -0.2) is 20.1 Å². The summed E-state index contributed by atoms with van der Waals surface area (Å²) < 4.78 is 10.2. The predicted octanol–water partition coefficient (Wildman–Crippen LogP) is 2.35. The summed E-state index contributed by atoms with van der Waals surface area (Å²) in [4.78, 5) is 0. The highest BCUT2D eigenvalue weighted by Gasteiger charge is 2.49. The van der Waals surface area contributed by atoms with Crippen LogP contribution in [0, 0.1) is 5.41 Å². The van der Waals surface area contributed by atoms with E-state index in [4.69, 9.17) is 14.9 Å². The van der Waals surface area contributed by atoms with E-state index >= 15 is 0 Å². The van der Waals surface area contributed by atoms with Gasteiger partial charge in [-0.15, -0.1) is 0 Å². The number of hydrogen-bond donors (Lipinski definition) is 1. The Morgan fingerprint density at radius 1 is 1.33 bits per heavy atom. The summed E-state index contributed by atoms with van der Waals surface area (Å²) in [5, 5.41) is 7.80. The maximum Gasteiger partial charge on any atom is 0.191 e. The number of nitrogens with one attached hydrogen (secondary N) is 1. The van der Waals surface area contributed by atoms with Gasteiger partial charge in [0.2, 0.25) is 0 Å². The zero-order valence-electron chi connectivity index (χ0n) is 9.04. The molecule has 2 rings (SSSR count). The molecule has 15 heavy (non-hydrogen) atoms. The summed E-state index contributed by atoms with van der Waals surface area (Å²) in [7, 11) is 3.21. The Bertz CT molecular complexity index is 383. The fourth-order valence-electron chi connectivity index (χ4n) is 1.89. The van der Waals surface area contributed by atoms with E-state index in [2.05, 4.69) is 0 Å². The van der Waals surface area contributed by atoms with Crippen molar-refractivity contribution in [3.63, 3.8) is 0 Å². The number of methoxy groups -OCH3 is 2. The molecule has 0 bridgehead atoms. The molecule has 0 heterocycles. The van der Waals surface area contributed by atoms with Crippen molar-refractivity contribution >= 4 is 5.90 Å². The van der Waals surface area contributed by atoms with Crippen LogP contribution in [0.2, 0.25) is 0 Å². The minimum absolute atomic E-state index is 0.177. The molecular formula is C12H15NO2. The van der Waals surface area contributed by atoms with Crippen molar-refractivity contribution in [1.82, 2.24) is 0 Å². The van der Waals surface area contributed by atoms with Crippen LogP contribution in [0.25, 0.3) is 0 Å². The van der Waals surface area contributed by atoms with Crippen LogP contribution in [0.15, 0.2) is 24.3 Å². The molecule has 1 aromatic carbocycles. The molecular weight excluding hydrogens is 190 g/mol. The average molecular weight is 205 g/mol. The van der Waals surface area contributed by atoms with E-state index in [0.29, 0.717) is 5.90 Å². The minimum Gasteiger partial charge on any atom is -0.497 e. The molecule has 0 atom stereocenters. The molecule has 0 aliphatic heterocycles. The Kier molecular flexibility index (Phi) is 2.39. The molecule has 0 amide bonds. The summed E-state index contributed by atoms with van der Waals surface area (Å²) in [6.07, 6.45) is 1.99. The van der Waals surface area contributed by atoms with E-state index in [1.54, 1.807) is 14.2 Å². The van der Waals surface area contributed by atoms with Gasteiger partial charge in [0.05, 0.1) is 19.6 Å². The lowest BCUT2D eigenvalue weighted by Crippen LogP contribution is -2.21. The minimum atomic E-state index is -0.177. The third kappa shape index (κ3) is 1.58. The largest absolute Gasteiger partial charge is 0.497 e. The Morgan fingerprint density at radius 2 is 2.07 bits per heavy atom. The first-order valence-electron chi connectivity index (χ1n) is 5.00. The first kappa shape index (κ1) is 10.0. The van der Waals surface area contributed by atoms with Gasteiger partial charge in [0, 0.05) is 0 Å². The fraction of sp³-hybridized carbons (Fsp3) is 0.417. The maximum absolute atomic E-state index is 7.80. The normalized spacial score (nSPS) is 16.9. The number of hydrogen-bond acceptors (Lipinski definition) is 3. The summed E-state index contributed by atoms with van der Waals surface area (Å²) in [5.41, 5.74) is 0.942. The molecule has 1 N–H and O–H groups in total. The molecule has 0 radical (unpaired) electrons. The Hall–Kier alpha value is -1.51. The van der Waals surface area contributed by atoms with Gasteiger partial charge in [0.1, 0.15) is 5.75 Å². The predicted molar refractivity (Wildman–Crippen MR) is 58.6 cm³/mol. The van der Waals surface area contributed by atoms with Gasteiger partial charge < -0.3 is 9.47 Å². The molecule has 3 heteroatoms. The standard InChI is InChI=1S/C12H15NO2/c1-14-10-5-3-4-9(8-10)12(6-7-12)11(13)15-2/h3-5,8,13H,6-7H2,1-2H3. The van der Waals surface area contributed by atoms with Gasteiger partial charge in [-0.3, -0.25) is 5.41 Å². The van der Waals surface area contributed by atoms with Gasteiger partial charge in [-0.25, -0.2) is 0 Å². The Balaban J connectivity index is 2.33. The zero-order valence-corrected chi connectivity index (χ0v) is 9.04. The molecule has 80 valence electrons. The molecule has 3 nitrogen and oxygen atoms in total. The van der Waals surface area contributed by atoms with Gasteiger partial charge in [0.25, 0.3) is 0 Å². The first-order chi connectivity index (χ1) is 7.23. The highest BCUT2D eigenvalue weighted by atomic mass is 16.5. The van der Waals surface area contributed by atoms with Gasteiger partial charge in [-0.2, -0.15) is 0 Å². The molecule has 0 unspecified atom stereocenters. The average Bonchev–Trinajstić information content (AvgIpc) is 3.09. The van der Waals surface area contributed by atoms with Gasteiger partial charge in [0.15, 0.2) is 5.90 Å². The second kappa shape index (κ2) is 3.57. The summed E-state index contributed by atoms with van der Waals surface area (Å²) in [6.45, 7) is 0. The van der Waals surface area contributed by atoms with Crippen LogP contribution in [0.4, 0.5) is 0 Å². The van der Waals surface area contributed by atoms with Gasteiger partial charge in [-0.05, 0) is 30.5 Å². The molecule has 0 aromatic heterocycles. The van der Waals surface area contributed by atoms with Crippen molar-refractivity contribution in [2.24, 2.45) is 0 Å². The zero-order chi connectivity index (χ0) is 10.9. The summed E-state index contributed by atoms with van der Waals surface area (Å²) >= 11 is 0. The number of ether oxygens (including phenoxy) is 2. The van der Waals surface area contributed by atoms with Crippen LogP contribution in [0.5, 0.6) is 5.75 Å². The van der Waals surface area contributed by atoms with E-state index in [1.807, 2.05) is 24.3 Å². The lowest BCUT2D eigenvalue weighted by molar-refractivity contribution is 0.373.